The third kappa shape index (κ3) is 4.24. The molecule has 2 aromatic heterocycles. The number of halogens is 2. The molecule has 4 rings (SSSR count). The molecule has 0 bridgehead atoms. The van der Waals surface area contributed by atoms with Gasteiger partial charge in [-0.3, -0.25) is 14.6 Å². The van der Waals surface area contributed by atoms with Crippen molar-refractivity contribution in [1.82, 2.24) is 20.1 Å². The van der Waals surface area contributed by atoms with Crippen LogP contribution in [0.2, 0.25) is 5.02 Å². The lowest BCUT2D eigenvalue weighted by Crippen LogP contribution is -2.42. The van der Waals surface area contributed by atoms with Crippen molar-refractivity contribution in [2.24, 2.45) is 5.92 Å². The smallest absolute Gasteiger partial charge is 0.284 e. The Hall–Kier alpha value is -3.10. The summed E-state index contributed by atoms with van der Waals surface area (Å²) in [6.07, 6.45) is 4.12. The van der Waals surface area contributed by atoms with E-state index in [9.17, 15) is 19.1 Å². The summed E-state index contributed by atoms with van der Waals surface area (Å²) in [6, 6.07) is 8.78. The van der Waals surface area contributed by atoms with E-state index < -0.39 is 23.3 Å². The molecule has 30 heavy (non-hydrogen) atoms. The minimum atomic E-state index is -0.717. The number of nitrogens with one attached hydrogen (secondary N) is 1. The molecule has 1 aromatic carbocycles. The van der Waals surface area contributed by atoms with Gasteiger partial charge in [-0.1, -0.05) is 23.7 Å². The van der Waals surface area contributed by atoms with Gasteiger partial charge in [0.1, 0.15) is 11.4 Å². The van der Waals surface area contributed by atoms with E-state index in [-0.39, 0.29) is 23.8 Å². The van der Waals surface area contributed by atoms with E-state index in [1.807, 2.05) is 0 Å². The molecule has 1 aliphatic rings. The molecule has 3 aromatic rings. The van der Waals surface area contributed by atoms with E-state index in [4.69, 9.17) is 11.6 Å². The molecule has 1 saturated carbocycles. The van der Waals surface area contributed by atoms with Crippen LogP contribution >= 0.6 is 11.6 Å². The molecule has 1 aliphatic carbocycles. The van der Waals surface area contributed by atoms with E-state index in [0.717, 1.165) is 29.8 Å². The molecule has 7 nitrogen and oxygen atoms in total. The quantitative estimate of drug-likeness (QED) is 0.629. The Kier molecular flexibility index (Phi) is 5.61. The number of carbonyl (C=O) groups excluding carboxylic acids is 1. The second-order valence-corrected chi connectivity index (χ2v) is 7.56. The molecule has 0 spiro atoms. The normalized spacial score (nSPS) is 14.4. The third-order valence-corrected chi connectivity index (χ3v) is 5.19. The van der Waals surface area contributed by atoms with Crippen molar-refractivity contribution in [1.29, 1.82) is 0 Å². The van der Waals surface area contributed by atoms with Gasteiger partial charge in [0.15, 0.2) is 0 Å². The Bertz CT molecular complexity index is 1150. The zero-order chi connectivity index (χ0) is 21.3. The predicted molar refractivity (Wildman–Crippen MR) is 109 cm³/mol. The van der Waals surface area contributed by atoms with Crippen LogP contribution in [-0.2, 0) is 0 Å². The Morgan fingerprint density at radius 2 is 2.00 bits per heavy atom. The molecule has 1 fully saturated rings. The van der Waals surface area contributed by atoms with Crippen LogP contribution in [0.15, 0.2) is 53.6 Å². The number of aromatic nitrogens is 3. The van der Waals surface area contributed by atoms with Crippen molar-refractivity contribution in [3.05, 3.63) is 75.5 Å². The van der Waals surface area contributed by atoms with E-state index in [2.05, 4.69) is 15.4 Å². The highest BCUT2D eigenvalue weighted by Gasteiger charge is 2.32. The molecular formula is C21H18ClFN4O3. The standard InChI is InChI=1S/C21H18ClFN4O3/c22-14-5-3-12(4-6-14)18-8-17(20(29)25-19(11-28)13-1-2-13)21(30)27(26-18)16-7-15(23)9-24-10-16/h3-10,13,19,28H,1-2,11H2,(H,25,29). The SMILES string of the molecule is O=C(NC(CO)C1CC1)c1cc(-c2ccc(Cl)cc2)nn(-c2cncc(F)c2)c1=O. The fraction of sp³-hybridized carbons (Fsp3) is 0.238. The Morgan fingerprint density at radius 1 is 1.27 bits per heavy atom. The summed E-state index contributed by atoms with van der Waals surface area (Å²) >= 11 is 5.95. The van der Waals surface area contributed by atoms with Crippen molar-refractivity contribution in [3.8, 4) is 16.9 Å². The summed E-state index contributed by atoms with van der Waals surface area (Å²) in [7, 11) is 0. The summed E-state index contributed by atoms with van der Waals surface area (Å²) in [6.45, 7) is -0.215. The average molecular weight is 429 g/mol. The van der Waals surface area contributed by atoms with E-state index in [1.165, 1.54) is 12.3 Å². The van der Waals surface area contributed by atoms with Gasteiger partial charge >= 0.3 is 0 Å². The van der Waals surface area contributed by atoms with Crippen LogP contribution in [0.3, 0.4) is 0 Å². The van der Waals surface area contributed by atoms with E-state index in [0.29, 0.717) is 16.3 Å². The number of hydrogen-bond acceptors (Lipinski definition) is 5. The molecular weight excluding hydrogens is 411 g/mol. The fourth-order valence-corrected chi connectivity index (χ4v) is 3.29. The molecule has 1 amide bonds. The number of hydrogen-bond donors (Lipinski definition) is 2. The van der Waals surface area contributed by atoms with Crippen molar-refractivity contribution >= 4 is 17.5 Å². The van der Waals surface area contributed by atoms with Crippen LogP contribution in [0.5, 0.6) is 0 Å². The van der Waals surface area contributed by atoms with Gasteiger partial charge in [0.25, 0.3) is 11.5 Å². The molecule has 0 aliphatic heterocycles. The Labute approximate surface area is 176 Å². The number of benzene rings is 1. The van der Waals surface area contributed by atoms with Gasteiger partial charge < -0.3 is 10.4 Å². The summed E-state index contributed by atoms with van der Waals surface area (Å²) in [5.41, 5.74) is 0.147. The predicted octanol–water partition coefficient (Wildman–Crippen LogP) is 2.59. The van der Waals surface area contributed by atoms with Crippen LogP contribution in [0.25, 0.3) is 16.9 Å². The van der Waals surface area contributed by atoms with Crippen LogP contribution in [-0.4, -0.2) is 38.4 Å². The van der Waals surface area contributed by atoms with Gasteiger partial charge in [0.05, 0.1) is 36.4 Å². The van der Waals surface area contributed by atoms with Crippen molar-refractivity contribution in [2.75, 3.05) is 6.61 Å². The number of rotatable bonds is 6. The highest BCUT2D eigenvalue weighted by Crippen LogP contribution is 2.32. The maximum atomic E-state index is 13.7. The van der Waals surface area contributed by atoms with E-state index in [1.54, 1.807) is 24.3 Å². The molecule has 2 heterocycles. The van der Waals surface area contributed by atoms with Crippen molar-refractivity contribution in [3.63, 3.8) is 0 Å². The molecule has 1 unspecified atom stereocenters. The van der Waals surface area contributed by atoms with Crippen LogP contribution < -0.4 is 10.9 Å². The number of aliphatic hydroxyl groups excluding tert-OH is 1. The first kappa shape index (κ1) is 20.2. The van der Waals surface area contributed by atoms with Crippen LogP contribution in [0, 0.1) is 11.7 Å². The lowest BCUT2D eigenvalue weighted by atomic mass is 10.1. The second kappa shape index (κ2) is 8.33. The molecule has 0 saturated heterocycles. The van der Waals surface area contributed by atoms with Crippen molar-refractivity contribution in [2.45, 2.75) is 18.9 Å². The van der Waals surface area contributed by atoms with Crippen LogP contribution in [0.4, 0.5) is 4.39 Å². The average Bonchev–Trinajstić information content (AvgIpc) is 3.58. The largest absolute Gasteiger partial charge is 0.394 e. The number of carbonyl (C=O) groups is 1. The minimum absolute atomic E-state index is 0.0887. The first-order valence-electron chi connectivity index (χ1n) is 9.39. The summed E-state index contributed by atoms with van der Waals surface area (Å²) < 4.78 is 14.6. The maximum absolute atomic E-state index is 13.7. The second-order valence-electron chi connectivity index (χ2n) is 7.13. The van der Waals surface area contributed by atoms with E-state index >= 15 is 0 Å². The number of nitrogens with zero attached hydrogens (tertiary/aromatic N) is 3. The summed E-state index contributed by atoms with van der Waals surface area (Å²) in [4.78, 5) is 29.7. The number of pyridine rings is 1. The summed E-state index contributed by atoms with van der Waals surface area (Å²) in [5.74, 6) is -1.06. The number of amides is 1. The van der Waals surface area contributed by atoms with Gasteiger partial charge in [-0.05, 0) is 37.0 Å². The zero-order valence-corrected chi connectivity index (χ0v) is 16.5. The maximum Gasteiger partial charge on any atom is 0.284 e. The first-order chi connectivity index (χ1) is 14.5. The first-order valence-corrected chi connectivity index (χ1v) is 9.77. The van der Waals surface area contributed by atoms with Gasteiger partial charge in [0.2, 0.25) is 0 Å². The zero-order valence-electron chi connectivity index (χ0n) is 15.8. The highest BCUT2D eigenvalue weighted by molar-refractivity contribution is 6.30. The molecule has 154 valence electrons. The third-order valence-electron chi connectivity index (χ3n) is 4.94. The van der Waals surface area contributed by atoms with Gasteiger partial charge in [0, 0.05) is 16.7 Å². The van der Waals surface area contributed by atoms with Gasteiger partial charge in [-0.2, -0.15) is 9.78 Å². The monoisotopic (exact) mass is 428 g/mol. The molecule has 2 N–H and O–H groups in total. The lowest BCUT2D eigenvalue weighted by Gasteiger charge is -2.16. The van der Waals surface area contributed by atoms with Crippen molar-refractivity contribution < 1.29 is 14.3 Å². The summed E-state index contributed by atoms with van der Waals surface area (Å²) in [5, 5.41) is 17.1. The molecule has 0 radical (unpaired) electrons. The highest BCUT2D eigenvalue weighted by atomic mass is 35.5. The molecule has 1 atom stereocenters. The topological polar surface area (TPSA) is 97.1 Å². The lowest BCUT2D eigenvalue weighted by molar-refractivity contribution is 0.0906. The van der Waals surface area contributed by atoms with Gasteiger partial charge in [-0.25, -0.2) is 4.39 Å². The minimum Gasteiger partial charge on any atom is -0.394 e. The molecule has 9 heteroatoms. The Balaban J connectivity index is 1.82. The number of aliphatic hydroxyl groups is 1. The van der Waals surface area contributed by atoms with Crippen LogP contribution in [0.1, 0.15) is 23.2 Å². The Morgan fingerprint density at radius 3 is 2.63 bits per heavy atom. The fourth-order valence-electron chi connectivity index (χ4n) is 3.17. The van der Waals surface area contributed by atoms with Gasteiger partial charge in [-0.15, -0.1) is 0 Å².